The number of ether oxygens (including phenoxy) is 2. The van der Waals surface area contributed by atoms with Crippen LogP contribution in [0.3, 0.4) is 0 Å². The Kier molecular flexibility index (Phi) is 7.14. The van der Waals surface area contributed by atoms with Crippen LogP contribution < -0.4 is 15.4 Å². The standard InChI is InChI=1S/C14H27N5O2/c1-7-20-8-11(9(2)3)16-13-17-12(15-6)18-14(19-13)21-10(4)5/h9-11H,7-8H2,1-6H3,(H2,15,16,17,18,19). The predicted octanol–water partition coefficient (Wildman–Crippen LogP) is 2.17. The number of hydrogen-bond donors (Lipinski definition) is 2. The molecule has 1 rings (SSSR count). The molecular weight excluding hydrogens is 270 g/mol. The van der Waals surface area contributed by atoms with E-state index in [1.54, 1.807) is 7.05 Å². The number of nitrogens with one attached hydrogen (secondary N) is 2. The van der Waals surface area contributed by atoms with Gasteiger partial charge in [-0.1, -0.05) is 13.8 Å². The molecule has 0 saturated heterocycles. The van der Waals surface area contributed by atoms with Crippen molar-refractivity contribution < 1.29 is 9.47 Å². The zero-order valence-corrected chi connectivity index (χ0v) is 13.8. The molecule has 0 aliphatic carbocycles. The van der Waals surface area contributed by atoms with Crippen molar-refractivity contribution >= 4 is 11.9 Å². The summed E-state index contributed by atoms with van der Waals surface area (Å²) < 4.78 is 11.0. The molecule has 1 heterocycles. The largest absolute Gasteiger partial charge is 0.461 e. The second-order valence-corrected chi connectivity index (χ2v) is 5.34. The van der Waals surface area contributed by atoms with Crippen LogP contribution in [-0.4, -0.2) is 47.4 Å². The topological polar surface area (TPSA) is 81.2 Å². The monoisotopic (exact) mass is 297 g/mol. The lowest BCUT2D eigenvalue weighted by molar-refractivity contribution is 0.126. The lowest BCUT2D eigenvalue weighted by atomic mass is 10.1. The van der Waals surface area contributed by atoms with E-state index in [0.717, 1.165) is 0 Å². The van der Waals surface area contributed by atoms with Crippen molar-refractivity contribution in [3.05, 3.63) is 0 Å². The first-order valence-corrected chi connectivity index (χ1v) is 7.41. The SMILES string of the molecule is CCOCC(Nc1nc(NC)nc(OC(C)C)n1)C(C)C. The van der Waals surface area contributed by atoms with E-state index in [2.05, 4.69) is 39.4 Å². The van der Waals surface area contributed by atoms with E-state index in [1.165, 1.54) is 0 Å². The van der Waals surface area contributed by atoms with Crippen LogP contribution in [0.15, 0.2) is 0 Å². The molecule has 0 saturated carbocycles. The maximum Gasteiger partial charge on any atom is 0.323 e. The van der Waals surface area contributed by atoms with Crippen LogP contribution >= 0.6 is 0 Å². The number of aromatic nitrogens is 3. The third-order valence-corrected chi connectivity index (χ3v) is 2.80. The van der Waals surface area contributed by atoms with Gasteiger partial charge in [-0.15, -0.1) is 0 Å². The Labute approximate surface area is 126 Å². The molecule has 1 aromatic rings. The molecule has 0 fully saturated rings. The third kappa shape index (κ3) is 6.12. The fourth-order valence-corrected chi connectivity index (χ4v) is 1.61. The lowest BCUT2D eigenvalue weighted by Gasteiger charge is -2.22. The normalized spacial score (nSPS) is 12.6. The van der Waals surface area contributed by atoms with Crippen molar-refractivity contribution in [1.29, 1.82) is 0 Å². The molecule has 0 amide bonds. The van der Waals surface area contributed by atoms with E-state index in [1.807, 2.05) is 20.8 Å². The quantitative estimate of drug-likeness (QED) is 0.723. The average molecular weight is 297 g/mol. The highest BCUT2D eigenvalue weighted by molar-refractivity contribution is 5.36. The molecule has 21 heavy (non-hydrogen) atoms. The van der Waals surface area contributed by atoms with Gasteiger partial charge in [-0.25, -0.2) is 0 Å². The number of anilines is 2. The van der Waals surface area contributed by atoms with Crippen LogP contribution in [0.4, 0.5) is 11.9 Å². The van der Waals surface area contributed by atoms with Crippen LogP contribution in [0.1, 0.15) is 34.6 Å². The van der Waals surface area contributed by atoms with Crippen LogP contribution in [0.25, 0.3) is 0 Å². The van der Waals surface area contributed by atoms with Crippen LogP contribution in [0.2, 0.25) is 0 Å². The second-order valence-electron chi connectivity index (χ2n) is 5.34. The minimum absolute atomic E-state index is 0.00859. The molecule has 0 bridgehead atoms. The highest BCUT2D eigenvalue weighted by atomic mass is 16.5. The Hall–Kier alpha value is -1.63. The molecule has 0 aromatic carbocycles. The summed E-state index contributed by atoms with van der Waals surface area (Å²) in [4.78, 5) is 12.8. The van der Waals surface area contributed by atoms with E-state index in [9.17, 15) is 0 Å². The summed E-state index contributed by atoms with van der Waals surface area (Å²) in [5, 5.41) is 6.21. The molecule has 0 spiro atoms. The Morgan fingerprint density at radius 2 is 1.71 bits per heavy atom. The molecule has 1 aromatic heterocycles. The summed E-state index contributed by atoms with van der Waals surface area (Å²) in [6.45, 7) is 11.4. The van der Waals surface area contributed by atoms with Gasteiger partial charge in [0.25, 0.3) is 0 Å². The van der Waals surface area contributed by atoms with Crippen molar-refractivity contribution in [2.75, 3.05) is 30.9 Å². The molecule has 1 atom stereocenters. The molecule has 0 aliphatic heterocycles. The summed E-state index contributed by atoms with van der Waals surface area (Å²) in [5.74, 6) is 1.35. The maximum absolute atomic E-state index is 5.55. The first kappa shape index (κ1) is 17.4. The van der Waals surface area contributed by atoms with Crippen LogP contribution in [0.5, 0.6) is 6.01 Å². The van der Waals surface area contributed by atoms with Crippen molar-refractivity contribution in [3.8, 4) is 6.01 Å². The predicted molar refractivity (Wildman–Crippen MR) is 83.9 cm³/mol. The van der Waals surface area contributed by atoms with E-state index in [4.69, 9.17) is 9.47 Å². The van der Waals surface area contributed by atoms with Gasteiger partial charge in [0, 0.05) is 13.7 Å². The minimum Gasteiger partial charge on any atom is -0.461 e. The molecular formula is C14H27N5O2. The number of rotatable bonds is 9. The number of hydrogen-bond acceptors (Lipinski definition) is 7. The van der Waals surface area contributed by atoms with Crippen LogP contribution in [0, 0.1) is 5.92 Å². The van der Waals surface area contributed by atoms with E-state index < -0.39 is 0 Å². The van der Waals surface area contributed by atoms with E-state index >= 15 is 0 Å². The van der Waals surface area contributed by atoms with Gasteiger partial charge >= 0.3 is 6.01 Å². The highest BCUT2D eigenvalue weighted by Gasteiger charge is 2.16. The van der Waals surface area contributed by atoms with Gasteiger partial charge in [0.1, 0.15) is 0 Å². The van der Waals surface area contributed by atoms with Gasteiger partial charge in [0.2, 0.25) is 11.9 Å². The smallest absolute Gasteiger partial charge is 0.323 e. The fourth-order valence-electron chi connectivity index (χ4n) is 1.61. The lowest BCUT2D eigenvalue weighted by Crippen LogP contribution is -2.32. The van der Waals surface area contributed by atoms with Crippen molar-refractivity contribution in [3.63, 3.8) is 0 Å². The van der Waals surface area contributed by atoms with Gasteiger partial charge in [-0.2, -0.15) is 15.0 Å². The highest BCUT2D eigenvalue weighted by Crippen LogP contribution is 2.15. The van der Waals surface area contributed by atoms with Gasteiger partial charge in [0.05, 0.1) is 18.8 Å². The van der Waals surface area contributed by atoms with Crippen LogP contribution in [-0.2, 0) is 4.74 Å². The molecule has 1 unspecified atom stereocenters. The van der Waals surface area contributed by atoms with Crippen molar-refractivity contribution in [1.82, 2.24) is 15.0 Å². The fraction of sp³-hybridized carbons (Fsp3) is 0.786. The Morgan fingerprint density at radius 1 is 1.05 bits per heavy atom. The second kappa shape index (κ2) is 8.61. The minimum atomic E-state index is 0.00859. The third-order valence-electron chi connectivity index (χ3n) is 2.80. The molecule has 7 heteroatoms. The molecule has 0 radical (unpaired) electrons. The summed E-state index contributed by atoms with van der Waals surface area (Å²) in [6.07, 6.45) is 0.00859. The zero-order chi connectivity index (χ0) is 15.8. The first-order chi connectivity index (χ1) is 9.96. The van der Waals surface area contributed by atoms with E-state index in [-0.39, 0.29) is 12.1 Å². The summed E-state index contributed by atoms with van der Waals surface area (Å²) in [7, 11) is 1.76. The van der Waals surface area contributed by atoms with Crippen molar-refractivity contribution in [2.24, 2.45) is 5.92 Å². The number of nitrogens with zero attached hydrogens (tertiary/aromatic N) is 3. The van der Waals surface area contributed by atoms with Gasteiger partial charge < -0.3 is 20.1 Å². The van der Waals surface area contributed by atoms with Gasteiger partial charge in [-0.3, -0.25) is 0 Å². The summed E-state index contributed by atoms with van der Waals surface area (Å²) >= 11 is 0. The Bertz CT molecular complexity index is 426. The summed E-state index contributed by atoms with van der Waals surface area (Å²) in [6, 6.07) is 0.440. The Balaban J connectivity index is 2.88. The van der Waals surface area contributed by atoms with Crippen molar-refractivity contribution in [2.45, 2.75) is 46.8 Å². The first-order valence-electron chi connectivity index (χ1n) is 7.41. The molecule has 7 nitrogen and oxygen atoms in total. The molecule has 2 N–H and O–H groups in total. The Morgan fingerprint density at radius 3 is 2.24 bits per heavy atom. The van der Waals surface area contributed by atoms with Gasteiger partial charge in [0.15, 0.2) is 0 Å². The average Bonchev–Trinajstić information content (AvgIpc) is 2.42. The zero-order valence-electron chi connectivity index (χ0n) is 13.8. The van der Waals surface area contributed by atoms with Gasteiger partial charge in [-0.05, 0) is 26.7 Å². The summed E-state index contributed by atoms with van der Waals surface area (Å²) in [5.41, 5.74) is 0. The molecule has 120 valence electrons. The molecule has 0 aliphatic rings. The maximum atomic E-state index is 5.55. The van der Waals surface area contributed by atoms with E-state index in [0.29, 0.717) is 37.0 Å².